The maximum absolute atomic E-state index is 2.43. The second-order valence-electron chi connectivity index (χ2n) is 34.5. The molecule has 23 aromatic carbocycles. The van der Waals surface area contributed by atoms with Gasteiger partial charge in [0.15, 0.2) is 0 Å². The Morgan fingerprint density at radius 2 is 0.356 bits per heavy atom. The summed E-state index contributed by atoms with van der Waals surface area (Å²) >= 11 is 3.72. The summed E-state index contributed by atoms with van der Waals surface area (Å²) in [5.74, 6) is 0. The lowest BCUT2D eigenvalue weighted by atomic mass is 9.94. The van der Waals surface area contributed by atoms with Crippen LogP contribution in [0.3, 0.4) is 0 Å². The number of hydrogen-bond donors (Lipinski definition) is 0. The number of aromatic nitrogens is 2. The molecule has 0 atom stereocenters. The van der Waals surface area contributed by atoms with Gasteiger partial charge in [-0.2, -0.15) is 0 Å². The Morgan fingerprint density at radius 3 is 0.720 bits per heavy atom. The molecule has 0 aliphatic carbocycles. The Hall–Kier alpha value is -16.7. The molecule has 27 rings (SSSR count). The maximum Gasteiger partial charge on any atom is 0.0541 e. The lowest BCUT2D eigenvalue weighted by molar-refractivity contribution is 1.18. The highest BCUT2D eigenvalue weighted by Crippen LogP contribution is 2.49. The highest BCUT2D eigenvalue weighted by atomic mass is 32.1. The fraction of sp³-hybridized carbons (Fsp3) is 0. The SMILES string of the molecule is c1ccc(-c2ccc(-n3c4ccc(-c5ccccc5)cc4c4cc(-c5ccc(N(c6ccc7sc8ccccc8c7c6)c6ccc7c8ccccc8c8ccccc8c7c6)cc5)ccc43)cc2)cc1.c1ccc(-c2ccc(-n3c4ccccc4c4cc(-c5ccc(N(c6ccc7sc8ccccc8c7c6)c6ccc7c8ccccc8c8ccccc8c7c6)cc5)ccc43)cc2)cc1. The lowest BCUT2D eigenvalue weighted by Crippen LogP contribution is -2.10. The predicted molar refractivity (Wildman–Crippen MR) is 569 cm³/mol. The zero-order valence-electron chi connectivity index (χ0n) is 71.8. The van der Waals surface area contributed by atoms with Gasteiger partial charge < -0.3 is 18.9 Å². The van der Waals surface area contributed by atoms with E-state index in [-0.39, 0.29) is 0 Å². The first-order valence-electron chi connectivity index (χ1n) is 45.2. The molecular formula is C126H80N4S2. The van der Waals surface area contributed by atoms with Crippen molar-refractivity contribution in [1.82, 2.24) is 9.13 Å². The van der Waals surface area contributed by atoms with Gasteiger partial charge in [-0.1, -0.05) is 322 Å². The molecule has 0 saturated heterocycles. The van der Waals surface area contributed by atoms with E-state index in [1.54, 1.807) is 0 Å². The first-order valence-corrected chi connectivity index (χ1v) is 46.9. The van der Waals surface area contributed by atoms with Crippen molar-refractivity contribution in [1.29, 1.82) is 0 Å². The van der Waals surface area contributed by atoms with Crippen molar-refractivity contribution in [3.63, 3.8) is 0 Å². The molecule has 4 nitrogen and oxygen atoms in total. The Bertz CT molecular complexity index is 9180. The minimum Gasteiger partial charge on any atom is -0.310 e. The molecule has 27 aromatic rings. The Balaban J connectivity index is 0.000000139. The van der Waals surface area contributed by atoms with E-state index in [2.05, 4.69) is 504 Å². The Labute approximate surface area is 770 Å². The van der Waals surface area contributed by atoms with Crippen molar-refractivity contribution in [2.45, 2.75) is 0 Å². The average Bonchev–Trinajstić information content (AvgIpc) is 1.70. The molecule has 0 aliphatic rings. The third kappa shape index (κ3) is 13.0. The van der Waals surface area contributed by atoms with Crippen LogP contribution in [0, 0.1) is 0 Å². The van der Waals surface area contributed by atoms with E-state index < -0.39 is 0 Å². The molecule has 616 valence electrons. The molecule has 0 unspecified atom stereocenters. The number of para-hydroxylation sites is 1. The van der Waals surface area contributed by atoms with E-state index in [0.717, 1.165) is 45.5 Å². The summed E-state index contributed by atoms with van der Waals surface area (Å²) in [4.78, 5) is 4.86. The van der Waals surface area contributed by atoms with Crippen LogP contribution in [0.15, 0.2) is 485 Å². The number of thiophene rings is 2. The molecule has 0 radical (unpaired) electrons. The highest BCUT2D eigenvalue weighted by Gasteiger charge is 2.24. The molecule has 0 bridgehead atoms. The van der Waals surface area contributed by atoms with Gasteiger partial charge >= 0.3 is 0 Å². The van der Waals surface area contributed by atoms with E-state index >= 15 is 0 Å². The zero-order chi connectivity index (χ0) is 86.9. The summed E-state index contributed by atoms with van der Waals surface area (Å²) in [6, 6.07) is 179. The number of hydrogen-bond acceptors (Lipinski definition) is 4. The first-order chi connectivity index (χ1) is 65.4. The monoisotopic (exact) mass is 1710 g/mol. The molecule has 0 fully saturated rings. The van der Waals surface area contributed by atoms with Crippen LogP contribution in [-0.4, -0.2) is 9.13 Å². The molecular weight excluding hydrogens is 1630 g/mol. The smallest absolute Gasteiger partial charge is 0.0541 e. The first kappa shape index (κ1) is 76.5. The second-order valence-corrected chi connectivity index (χ2v) is 36.7. The predicted octanol–water partition coefficient (Wildman–Crippen LogP) is 36.5. The second kappa shape index (κ2) is 31.6. The van der Waals surface area contributed by atoms with E-state index in [1.807, 2.05) is 22.7 Å². The standard InChI is InChI=1S/C66H42N2S.C60H38N2S/c1-3-13-43(14-4-1)45-23-31-50(32-24-45)68-63-36-27-47(44-15-5-2-6-16-44)39-60(63)61-40-48(28-37-64(61)68)46-25-29-49(30-26-46)67(52-34-38-66-62(42-52)58-21-11-12-22-65(58)69-66)51-33-35-57-55-19-8-7-17-53(55)54-18-9-10-20-56(54)59(57)41-51;1-2-12-39(13-3-1)40-22-29-44(30-23-40)62-57-20-10-8-18-52(57)55-36-42(26-34-58(55)62)41-24-27-43(28-25-41)61(46-32-35-60-56(38-46)53-19-9-11-21-59(53)63-60)45-31-33-51-49-16-5-4-14-47(49)48-15-6-7-17-50(48)54(51)37-45/h1-42H;1-38H. The lowest BCUT2D eigenvalue weighted by Gasteiger charge is -2.26. The van der Waals surface area contributed by atoms with Crippen molar-refractivity contribution in [3.8, 4) is 67.0 Å². The van der Waals surface area contributed by atoms with Crippen molar-refractivity contribution < 1.29 is 0 Å². The van der Waals surface area contributed by atoms with Gasteiger partial charge in [0, 0.05) is 107 Å². The van der Waals surface area contributed by atoms with Gasteiger partial charge in [-0.05, 0) is 284 Å². The van der Waals surface area contributed by atoms with Gasteiger partial charge in [0.05, 0.1) is 22.1 Å². The fourth-order valence-electron chi connectivity index (χ4n) is 20.9. The molecule has 6 heteroatoms. The van der Waals surface area contributed by atoms with Crippen molar-refractivity contribution in [2.24, 2.45) is 0 Å². The van der Waals surface area contributed by atoms with Crippen LogP contribution < -0.4 is 9.80 Å². The minimum absolute atomic E-state index is 1.10. The minimum atomic E-state index is 1.10. The third-order valence-corrected chi connectivity index (χ3v) is 29.4. The normalized spacial score (nSPS) is 11.8. The highest BCUT2D eigenvalue weighted by molar-refractivity contribution is 7.26. The number of benzene rings is 23. The number of rotatable bonds is 13. The summed E-state index contributed by atoms with van der Waals surface area (Å²) in [6.07, 6.45) is 0. The summed E-state index contributed by atoms with van der Waals surface area (Å²) in [5.41, 5.74) is 25.8. The van der Waals surface area contributed by atoms with Crippen LogP contribution in [0.25, 0.3) is 216 Å². The van der Waals surface area contributed by atoms with Gasteiger partial charge in [-0.3, -0.25) is 0 Å². The van der Waals surface area contributed by atoms with Crippen LogP contribution in [0.5, 0.6) is 0 Å². The molecule has 0 saturated carbocycles. The van der Waals surface area contributed by atoms with Crippen LogP contribution in [0.2, 0.25) is 0 Å². The van der Waals surface area contributed by atoms with Gasteiger partial charge in [0.1, 0.15) is 0 Å². The van der Waals surface area contributed by atoms with Crippen molar-refractivity contribution in [3.05, 3.63) is 485 Å². The third-order valence-electron chi connectivity index (χ3n) is 27.1. The van der Waals surface area contributed by atoms with Gasteiger partial charge in [-0.15, -0.1) is 22.7 Å². The van der Waals surface area contributed by atoms with E-state index in [4.69, 9.17) is 0 Å². The van der Waals surface area contributed by atoms with Crippen LogP contribution in [0.1, 0.15) is 0 Å². The zero-order valence-corrected chi connectivity index (χ0v) is 73.4. The number of fused-ring (bicyclic) bond motifs is 24. The van der Waals surface area contributed by atoms with Crippen molar-refractivity contribution in [2.75, 3.05) is 9.80 Å². The molecule has 0 spiro atoms. The molecule has 132 heavy (non-hydrogen) atoms. The summed E-state index contributed by atoms with van der Waals surface area (Å²) in [5, 5.41) is 25.4. The van der Waals surface area contributed by atoms with Gasteiger partial charge in [0.2, 0.25) is 0 Å². The van der Waals surface area contributed by atoms with E-state index in [9.17, 15) is 0 Å². The van der Waals surface area contributed by atoms with Gasteiger partial charge in [-0.25, -0.2) is 0 Å². The molecule has 4 heterocycles. The molecule has 0 N–H and O–H groups in total. The van der Waals surface area contributed by atoms with Crippen LogP contribution in [-0.2, 0) is 0 Å². The summed E-state index contributed by atoms with van der Waals surface area (Å²) in [7, 11) is 0. The average molecular weight is 1710 g/mol. The van der Waals surface area contributed by atoms with Crippen LogP contribution >= 0.6 is 22.7 Å². The topological polar surface area (TPSA) is 16.3 Å². The van der Waals surface area contributed by atoms with E-state index in [0.29, 0.717) is 0 Å². The summed E-state index contributed by atoms with van der Waals surface area (Å²) < 4.78 is 10.0. The number of anilines is 6. The molecule has 0 aliphatic heterocycles. The van der Waals surface area contributed by atoms with Crippen LogP contribution in [0.4, 0.5) is 34.1 Å². The molecule has 4 aromatic heterocycles. The largest absolute Gasteiger partial charge is 0.310 e. The Morgan fingerprint density at radius 1 is 0.129 bits per heavy atom. The Kier molecular flexibility index (Phi) is 18.3. The summed E-state index contributed by atoms with van der Waals surface area (Å²) in [6.45, 7) is 0. The quantitative estimate of drug-likeness (QED) is 0.107. The maximum atomic E-state index is 2.43. The fourth-order valence-corrected chi connectivity index (χ4v) is 23.0. The van der Waals surface area contributed by atoms with Gasteiger partial charge in [0.25, 0.3) is 0 Å². The van der Waals surface area contributed by atoms with E-state index in [1.165, 1.54) is 204 Å². The van der Waals surface area contributed by atoms with Crippen molar-refractivity contribution >= 4 is 205 Å². The molecule has 0 amide bonds. The number of nitrogens with zero attached hydrogens (tertiary/aromatic N) is 4.